The molecule has 0 radical (unpaired) electrons. The van der Waals surface area contributed by atoms with Crippen molar-refractivity contribution in [2.75, 3.05) is 5.75 Å². The van der Waals surface area contributed by atoms with Crippen molar-refractivity contribution in [3.63, 3.8) is 0 Å². The summed E-state index contributed by atoms with van der Waals surface area (Å²) in [4.78, 5) is 17.0. The molecule has 0 atom stereocenters. The Hall–Kier alpha value is -1.13. The van der Waals surface area contributed by atoms with Gasteiger partial charge in [-0.15, -0.1) is 11.3 Å². The van der Waals surface area contributed by atoms with Crippen LogP contribution in [0.15, 0.2) is 34.7 Å². The van der Waals surface area contributed by atoms with Gasteiger partial charge in [0.1, 0.15) is 0 Å². The molecule has 0 N–H and O–H groups in total. The number of nitrogens with zero attached hydrogens (tertiary/aromatic N) is 1. The average molecular weight is 263 g/mol. The van der Waals surface area contributed by atoms with Crippen molar-refractivity contribution in [3.8, 4) is 0 Å². The molecule has 88 valence electrons. The smallest absolute Gasteiger partial charge is 0.183 e. The molecule has 0 aliphatic heterocycles. The highest BCUT2D eigenvalue weighted by atomic mass is 32.2. The number of thioether (sulfide) groups is 1. The van der Waals surface area contributed by atoms with Gasteiger partial charge in [0.15, 0.2) is 5.78 Å². The quantitative estimate of drug-likeness (QED) is 0.622. The Balaban J connectivity index is 2.00. The van der Waals surface area contributed by atoms with E-state index in [9.17, 15) is 4.79 Å². The minimum atomic E-state index is 0.172. The summed E-state index contributed by atoms with van der Waals surface area (Å²) in [7, 11) is 0. The van der Waals surface area contributed by atoms with Crippen LogP contribution in [0.3, 0.4) is 0 Å². The van der Waals surface area contributed by atoms with Crippen molar-refractivity contribution >= 4 is 28.9 Å². The van der Waals surface area contributed by atoms with E-state index in [1.54, 1.807) is 0 Å². The fourth-order valence-electron chi connectivity index (χ4n) is 1.53. The van der Waals surface area contributed by atoms with Crippen LogP contribution in [0.5, 0.6) is 0 Å². The summed E-state index contributed by atoms with van der Waals surface area (Å²) in [5, 5.41) is 2.85. The van der Waals surface area contributed by atoms with E-state index in [1.165, 1.54) is 28.7 Å². The Bertz CT molecular complexity index is 500. The molecule has 0 aromatic carbocycles. The van der Waals surface area contributed by atoms with Gasteiger partial charge in [-0.1, -0.05) is 17.8 Å². The first kappa shape index (κ1) is 12.3. The Kier molecular flexibility index (Phi) is 3.97. The van der Waals surface area contributed by atoms with Gasteiger partial charge in [0.25, 0.3) is 0 Å². The van der Waals surface area contributed by atoms with Crippen molar-refractivity contribution in [2.45, 2.75) is 18.9 Å². The fraction of sp³-hybridized carbons (Fsp3) is 0.231. The number of ketones is 1. The lowest BCUT2D eigenvalue weighted by molar-refractivity contribution is 0.102. The van der Waals surface area contributed by atoms with Gasteiger partial charge in [-0.25, -0.2) is 4.98 Å². The van der Waals surface area contributed by atoms with Crippen LogP contribution in [-0.2, 0) is 0 Å². The number of Topliss-reactive ketones (excluding diaryl/α,β-unsaturated/α-hetero) is 1. The zero-order valence-corrected chi connectivity index (χ0v) is 11.4. The van der Waals surface area contributed by atoms with E-state index < -0.39 is 0 Å². The summed E-state index contributed by atoms with van der Waals surface area (Å²) in [6.45, 7) is 4.01. The van der Waals surface area contributed by atoms with Gasteiger partial charge in [-0.05, 0) is 43.0 Å². The number of carbonyl (C=O) groups is 1. The summed E-state index contributed by atoms with van der Waals surface area (Å²) in [5.74, 6) is 0.627. The maximum absolute atomic E-state index is 11.8. The van der Waals surface area contributed by atoms with E-state index in [0.29, 0.717) is 5.75 Å². The van der Waals surface area contributed by atoms with Crippen molar-refractivity contribution in [1.82, 2.24) is 4.98 Å². The SMILES string of the molecule is Cc1cc(C)nc(SCC(=O)c2cccs2)c1. The van der Waals surface area contributed by atoms with Gasteiger partial charge >= 0.3 is 0 Å². The molecule has 0 spiro atoms. The van der Waals surface area contributed by atoms with E-state index in [-0.39, 0.29) is 5.78 Å². The zero-order valence-electron chi connectivity index (χ0n) is 9.77. The van der Waals surface area contributed by atoms with Gasteiger partial charge < -0.3 is 0 Å². The van der Waals surface area contributed by atoms with E-state index in [4.69, 9.17) is 0 Å². The summed E-state index contributed by atoms with van der Waals surface area (Å²) >= 11 is 2.99. The maximum Gasteiger partial charge on any atom is 0.183 e. The number of thiophene rings is 1. The topological polar surface area (TPSA) is 30.0 Å². The molecular formula is C13H13NOS2. The van der Waals surface area contributed by atoms with Crippen LogP contribution in [0.25, 0.3) is 0 Å². The maximum atomic E-state index is 11.8. The highest BCUT2D eigenvalue weighted by Gasteiger charge is 2.08. The Morgan fingerprint density at radius 2 is 2.24 bits per heavy atom. The number of hydrogen-bond donors (Lipinski definition) is 0. The van der Waals surface area contributed by atoms with Crippen LogP contribution >= 0.6 is 23.1 Å². The van der Waals surface area contributed by atoms with Gasteiger partial charge in [-0.3, -0.25) is 4.79 Å². The Labute approximate surface area is 109 Å². The third kappa shape index (κ3) is 3.41. The molecular weight excluding hydrogens is 250 g/mol. The molecule has 0 bridgehead atoms. The number of carbonyl (C=O) groups excluding carboxylic acids is 1. The van der Waals surface area contributed by atoms with Crippen molar-refractivity contribution < 1.29 is 4.79 Å². The lowest BCUT2D eigenvalue weighted by Gasteiger charge is -2.02. The van der Waals surface area contributed by atoms with E-state index in [0.717, 1.165) is 15.6 Å². The second-order valence-corrected chi connectivity index (χ2v) is 5.76. The highest BCUT2D eigenvalue weighted by molar-refractivity contribution is 8.00. The van der Waals surface area contributed by atoms with E-state index in [2.05, 4.69) is 4.98 Å². The molecule has 0 saturated carbocycles. The third-order valence-electron chi connectivity index (χ3n) is 2.22. The van der Waals surface area contributed by atoms with Crippen LogP contribution in [0.4, 0.5) is 0 Å². The van der Waals surface area contributed by atoms with Gasteiger partial charge in [0.05, 0.1) is 15.7 Å². The fourth-order valence-corrected chi connectivity index (χ4v) is 3.19. The van der Waals surface area contributed by atoms with Gasteiger partial charge in [0, 0.05) is 5.69 Å². The zero-order chi connectivity index (χ0) is 12.3. The summed E-state index contributed by atoms with van der Waals surface area (Å²) in [5.41, 5.74) is 2.18. The molecule has 2 aromatic rings. The van der Waals surface area contributed by atoms with Crippen molar-refractivity contribution in [2.24, 2.45) is 0 Å². The molecule has 4 heteroatoms. The Morgan fingerprint density at radius 1 is 1.41 bits per heavy atom. The predicted molar refractivity (Wildman–Crippen MR) is 73.1 cm³/mol. The van der Waals surface area contributed by atoms with Crippen LogP contribution in [0.1, 0.15) is 20.9 Å². The average Bonchev–Trinajstić information content (AvgIpc) is 2.78. The predicted octanol–water partition coefficient (Wildman–Crippen LogP) is 3.73. The molecule has 2 aromatic heterocycles. The largest absolute Gasteiger partial charge is 0.292 e. The minimum absolute atomic E-state index is 0.172. The number of hydrogen-bond acceptors (Lipinski definition) is 4. The number of pyridine rings is 1. The molecule has 17 heavy (non-hydrogen) atoms. The van der Waals surface area contributed by atoms with Gasteiger partial charge in [-0.2, -0.15) is 0 Å². The normalized spacial score (nSPS) is 10.5. The minimum Gasteiger partial charge on any atom is -0.292 e. The number of rotatable bonds is 4. The lowest BCUT2D eigenvalue weighted by atomic mass is 10.3. The molecule has 0 unspecified atom stereocenters. The number of aromatic nitrogens is 1. The third-order valence-corrected chi connectivity index (χ3v) is 4.04. The second-order valence-electron chi connectivity index (χ2n) is 3.81. The molecule has 0 aliphatic carbocycles. The highest BCUT2D eigenvalue weighted by Crippen LogP contribution is 2.20. The van der Waals surface area contributed by atoms with Crippen LogP contribution in [0.2, 0.25) is 0 Å². The first-order valence-corrected chi connectivity index (χ1v) is 7.16. The van der Waals surface area contributed by atoms with Crippen LogP contribution in [-0.4, -0.2) is 16.5 Å². The molecule has 2 rings (SSSR count). The van der Waals surface area contributed by atoms with Crippen LogP contribution < -0.4 is 0 Å². The summed E-state index contributed by atoms with van der Waals surface area (Å²) in [6, 6.07) is 7.81. The second kappa shape index (κ2) is 5.47. The summed E-state index contributed by atoms with van der Waals surface area (Å²) in [6.07, 6.45) is 0. The molecule has 0 saturated heterocycles. The van der Waals surface area contributed by atoms with Gasteiger partial charge in [0.2, 0.25) is 0 Å². The van der Waals surface area contributed by atoms with E-state index >= 15 is 0 Å². The molecule has 0 amide bonds. The Morgan fingerprint density at radius 3 is 2.88 bits per heavy atom. The van der Waals surface area contributed by atoms with Crippen molar-refractivity contribution in [3.05, 3.63) is 45.8 Å². The molecule has 0 aliphatic rings. The first-order chi connectivity index (χ1) is 8.15. The van der Waals surface area contributed by atoms with Crippen LogP contribution in [0, 0.1) is 13.8 Å². The lowest BCUT2D eigenvalue weighted by Crippen LogP contribution is -2.00. The number of aryl methyl sites for hydroxylation is 2. The first-order valence-electron chi connectivity index (χ1n) is 5.30. The monoisotopic (exact) mass is 263 g/mol. The van der Waals surface area contributed by atoms with E-state index in [1.807, 2.05) is 43.5 Å². The molecule has 2 nitrogen and oxygen atoms in total. The standard InChI is InChI=1S/C13H13NOS2/c1-9-6-10(2)14-13(7-9)17-8-11(15)12-4-3-5-16-12/h3-7H,8H2,1-2H3. The van der Waals surface area contributed by atoms with Crippen molar-refractivity contribution in [1.29, 1.82) is 0 Å². The molecule has 0 fully saturated rings. The molecule has 2 heterocycles. The summed E-state index contributed by atoms with van der Waals surface area (Å²) < 4.78 is 0.